The van der Waals surface area contributed by atoms with Gasteiger partial charge in [0.05, 0.1) is 44.6 Å². The molecule has 2 aromatic carbocycles. The summed E-state index contributed by atoms with van der Waals surface area (Å²) >= 11 is 0. The zero-order valence-corrected chi connectivity index (χ0v) is 18.7. The molecule has 4 rings (SSSR count). The Morgan fingerprint density at radius 1 is 1.06 bits per heavy atom. The van der Waals surface area contributed by atoms with Crippen LogP contribution in [0.3, 0.4) is 0 Å². The number of aromatic nitrogens is 2. The second kappa shape index (κ2) is 10.6. The zero-order valence-electron chi connectivity index (χ0n) is 18.7. The number of carbonyl (C=O) groups excluding carboxylic acids is 1. The van der Waals surface area contributed by atoms with Crippen LogP contribution in [0.4, 0.5) is 0 Å². The van der Waals surface area contributed by atoms with Crippen molar-refractivity contribution < 1.29 is 19.0 Å². The summed E-state index contributed by atoms with van der Waals surface area (Å²) in [4.78, 5) is 21.3. The Hall–Kier alpha value is -3.94. The SMILES string of the molecule is COc1cc(/C=N/NC(=O)c2cncc(-c3ccccc3OC3CCCC3)n2)cc(OC)c1. The van der Waals surface area contributed by atoms with E-state index in [9.17, 15) is 4.79 Å². The molecule has 1 saturated carbocycles. The molecule has 170 valence electrons. The van der Waals surface area contributed by atoms with Crippen LogP contribution in [0, 0.1) is 0 Å². The highest BCUT2D eigenvalue weighted by atomic mass is 16.5. The number of nitrogens with one attached hydrogen (secondary N) is 1. The molecule has 1 heterocycles. The van der Waals surface area contributed by atoms with Crippen LogP contribution in [-0.2, 0) is 0 Å². The molecule has 0 unspecified atom stereocenters. The molecule has 0 bridgehead atoms. The second-order valence-electron chi connectivity index (χ2n) is 7.66. The summed E-state index contributed by atoms with van der Waals surface area (Å²) in [5.41, 5.74) is 4.73. The van der Waals surface area contributed by atoms with Crippen molar-refractivity contribution in [3.05, 3.63) is 66.1 Å². The van der Waals surface area contributed by atoms with Crippen molar-refractivity contribution in [2.24, 2.45) is 5.10 Å². The number of amides is 1. The highest BCUT2D eigenvalue weighted by molar-refractivity contribution is 5.93. The van der Waals surface area contributed by atoms with Gasteiger partial charge in [0.1, 0.15) is 22.9 Å². The molecule has 8 nitrogen and oxygen atoms in total. The van der Waals surface area contributed by atoms with E-state index < -0.39 is 5.91 Å². The van der Waals surface area contributed by atoms with Crippen LogP contribution in [0.1, 0.15) is 41.7 Å². The first-order valence-corrected chi connectivity index (χ1v) is 10.8. The van der Waals surface area contributed by atoms with Crippen molar-refractivity contribution in [1.82, 2.24) is 15.4 Å². The normalized spacial score (nSPS) is 13.8. The van der Waals surface area contributed by atoms with Crippen molar-refractivity contribution >= 4 is 12.1 Å². The summed E-state index contributed by atoms with van der Waals surface area (Å²) in [6, 6.07) is 13.0. The third kappa shape index (κ3) is 5.65. The molecule has 8 heteroatoms. The summed E-state index contributed by atoms with van der Waals surface area (Å²) in [5.74, 6) is 1.53. The van der Waals surface area contributed by atoms with Crippen molar-refractivity contribution in [1.29, 1.82) is 0 Å². The Kier molecular flexibility index (Phi) is 7.14. The van der Waals surface area contributed by atoms with Crippen LogP contribution in [-0.4, -0.2) is 42.4 Å². The molecule has 1 fully saturated rings. The van der Waals surface area contributed by atoms with Gasteiger partial charge in [-0.05, 0) is 49.9 Å². The first kappa shape index (κ1) is 22.3. The van der Waals surface area contributed by atoms with E-state index in [-0.39, 0.29) is 11.8 Å². The number of nitrogens with zero attached hydrogens (tertiary/aromatic N) is 3. The van der Waals surface area contributed by atoms with Gasteiger partial charge >= 0.3 is 0 Å². The first-order chi connectivity index (χ1) is 16.2. The molecule has 1 aliphatic rings. The maximum atomic E-state index is 12.6. The van der Waals surface area contributed by atoms with Crippen LogP contribution in [0.15, 0.2) is 60.0 Å². The minimum atomic E-state index is -0.468. The van der Waals surface area contributed by atoms with Crippen LogP contribution < -0.4 is 19.6 Å². The number of methoxy groups -OCH3 is 2. The molecule has 1 aliphatic carbocycles. The Balaban J connectivity index is 1.48. The van der Waals surface area contributed by atoms with E-state index >= 15 is 0 Å². The van der Waals surface area contributed by atoms with Crippen LogP contribution >= 0.6 is 0 Å². The molecule has 0 spiro atoms. The molecule has 0 atom stereocenters. The highest BCUT2D eigenvalue weighted by Crippen LogP contribution is 2.32. The van der Waals surface area contributed by atoms with E-state index in [1.165, 1.54) is 25.3 Å². The van der Waals surface area contributed by atoms with E-state index in [2.05, 4.69) is 20.5 Å². The Labute approximate surface area is 192 Å². The topological polar surface area (TPSA) is 94.9 Å². The number of carbonyl (C=O) groups is 1. The van der Waals surface area contributed by atoms with Gasteiger partial charge in [-0.25, -0.2) is 10.4 Å². The monoisotopic (exact) mass is 446 g/mol. The molecule has 1 amide bonds. The molecule has 33 heavy (non-hydrogen) atoms. The quantitative estimate of drug-likeness (QED) is 0.411. The molecule has 0 radical (unpaired) electrons. The van der Waals surface area contributed by atoms with Gasteiger partial charge in [0, 0.05) is 17.2 Å². The Bertz CT molecular complexity index is 1120. The van der Waals surface area contributed by atoms with Crippen LogP contribution in [0.2, 0.25) is 0 Å². The lowest BCUT2D eigenvalue weighted by Gasteiger charge is -2.16. The van der Waals surface area contributed by atoms with Gasteiger partial charge in [-0.2, -0.15) is 5.10 Å². The van der Waals surface area contributed by atoms with Crippen molar-refractivity contribution in [3.63, 3.8) is 0 Å². The van der Waals surface area contributed by atoms with Gasteiger partial charge < -0.3 is 14.2 Å². The van der Waals surface area contributed by atoms with Crippen molar-refractivity contribution in [3.8, 4) is 28.5 Å². The van der Waals surface area contributed by atoms with Gasteiger partial charge in [-0.1, -0.05) is 12.1 Å². The van der Waals surface area contributed by atoms with E-state index in [0.717, 1.165) is 24.2 Å². The number of rotatable bonds is 8. The molecule has 1 aromatic heterocycles. The first-order valence-electron chi connectivity index (χ1n) is 10.8. The van der Waals surface area contributed by atoms with E-state index in [1.54, 1.807) is 38.6 Å². The Morgan fingerprint density at radius 2 is 1.79 bits per heavy atom. The molecule has 3 aromatic rings. The molecule has 1 N–H and O–H groups in total. The summed E-state index contributed by atoms with van der Waals surface area (Å²) in [7, 11) is 3.14. The lowest BCUT2D eigenvalue weighted by molar-refractivity contribution is 0.0950. The number of para-hydroxylation sites is 1. The van der Waals surface area contributed by atoms with E-state index in [4.69, 9.17) is 14.2 Å². The minimum Gasteiger partial charge on any atom is -0.497 e. The number of benzene rings is 2. The van der Waals surface area contributed by atoms with Crippen LogP contribution in [0.25, 0.3) is 11.3 Å². The van der Waals surface area contributed by atoms with Gasteiger partial charge in [0.2, 0.25) is 0 Å². The number of ether oxygens (including phenoxy) is 3. The van der Waals surface area contributed by atoms with E-state index in [0.29, 0.717) is 22.8 Å². The summed E-state index contributed by atoms with van der Waals surface area (Å²) in [5, 5.41) is 4.03. The number of hydrazone groups is 1. The standard InChI is InChI=1S/C25H26N4O4/c1-31-19-11-17(12-20(13-19)32-2)14-27-29-25(30)23-16-26-15-22(28-23)21-9-5-6-10-24(21)33-18-7-3-4-8-18/h5-6,9-16,18H,3-4,7-8H2,1-2H3,(H,29,30)/b27-14+. The van der Waals surface area contributed by atoms with Crippen LogP contribution in [0.5, 0.6) is 17.2 Å². The van der Waals surface area contributed by atoms with Gasteiger partial charge in [0.25, 0.3) is 5.91 Å². The largest absolute Gasteiger partial charge is 0.497 e. The third-order valence-electron chi connectivity index (χ3n) is 5.38. The smallest absolute Gasteiger partial charge is 0.291 e. The second-order valence-corrected chi connectivity index (χ2v) is 7.66. The number of hydrogen-bond donors (Lipinski definition) is 1. The van der Waals surface area contributed by atoms with E-state index in [1.807, 2.05) is 24.3 Å². The average Bonchev–Trinajstić information content (AvgIpc) is 3.37. The summed E-state index contributed by atoms with van der Waals surface area (Å²) in [6.45, 7) is 0. The predicted octanol–water partition coefficient (Wildman–Crippen LogP) is 4.25. The van der Waals surface area contributed by atoms with Gasteiger partial charge in [0.15, 0.2) is 0 Å². The minimum absolute atomic E-state index is 0.156. The zero-order chi connectivity index (χ0) is 23.0. The van der Waals surface area contributed by atoms with Crippen molar-refractivity contribution in [2.75, 3.05) is 14.2 Å². The summed E-state index contributed by atoms with van der Waals surface area (Å²) < 4.78 is 16.7. The maximum Gasteiger partial charge on any atom is 0.291 e. The molecule has 0 saturated heterocycles. The number of hydrogen-bond acceptors (Lipinski definition) is 7. The fraction of sp³-hybridized carbons (Fsp3) is 0.280. The fourth-order valence-electron chi connectivity index (χ4n) is 3.70. The fourth-order valence-corrected chi connectivity index (χ4v) is 3.70. The third-order valence-corrected chi connectivity index (χ3v) is 5.38. The lowest BCUT2D eigenvalue weighted by atomic mass is 10.1. The molecular weight excluding hydrogens is 420 g/mol. The highest BCUT2D eigenvalue weighted by Gasteiger charge is 2.19. The van der Waals surface area contributed by atoms with Crippen molar-refractivity contribution in [2.45, 2.75) is 31.8 Å². The Morgan fingerprint density at radius 3 is 2.52 bits per heavy atom. The van der Waals surface area contributed by atoms with Gasteiger partial charge in [-0.15, -0.1) is 0 Å². The van der Waals surface area contributed by atoms with Gasteiger partial charge in [-0.3, -0.25) is 9.78 Å². The average molecular weight is 447 g/mol. The molecular formula is C25H26N4O4. The lowest BCUT2D eigenvalue weighted by Crippen LogP contribution is -2.19. The molecule has 0 aliphatic heterocycles. The maximum absolute atomic E-state index is 12.6. The predicted molar refractivity (Wildman–Crippen MR) is 125 cm³/mol. The summed E-state index contributed by atoms with van der Waals surface area (Å²) in [6.07, 6.45) is 9.24.